The Bertz CT molecular complexity index is 560. The van der Waals surface area contributed by atoms with Crippen molar-refractivity contribution in [2.75, 3.05) is 5.75 Å². The largest absolute Gasteiger partial charge is 0.335 e. The summed E-state index contributed by atoms with van der Waals surface area (Å²) in [7, 11) is 0. The van der Waals surface area contributed by atoms with Crippen molar-refractivity contribution in [3.05, 3.63) is 54.4 Å². The highest BCUT2D eigenvalue weighted by Gasteiger charge is 2.17. The smallest absolute Gasteiger partial charge is 0.233 e. The number of carbonyl (C=O) groups is 1. The van der Waals surface area contributed by atoms with Gasteiger partial charge in [0.1, 0.15) is 0 Å². The lowest BCUT2D eigenvalue weighted by atomic mass is 10.2. The molecule has 0 unspecified atom stereocenters. The van der Waals surface area contributed by atoms with Crippen LogP contribution in [-0.2, 0) is 11.3 Å². The molecule has 0 N–H and O–H groups in total. The lowest BCUT2D eigenvalue weighted by Crippen LogP contribution is -2.37. The third kappa shape index (κ3) is 4.86. The van der Waals surface area contributed by atoms with Crippen molar-refractivity contribution in [3.8, 4) is 0 Å². The van der Waals surface area contributed by atoms with Gasteiger partial charge in [-0.3, -0.25) is 4.79 Å². The zero-order chi connectivity index (χ0) is 15.1. The first kappa shape index (κ1) is 15.5. The predicted molar refractivity (Wildman–Crippen MR) is 84.9 cm³/mol. The van der Waals surface area contributed by atoms with Gasteiger partial charge in [0.15, 0.2) is 5.16 Å². The Hall–Kier alpha value is -1.88. The summed E-state index contributed by atoms with van der Waals surface area (Å²) in [6, 6.07) is 12.0. The fourth-order valence-electron chi connectivity index (χ4n) is 1.91. The van der Waals surface area contributed by atoms with Crippen LogP contribution >= 0.6 is 11.8 Å². The molecule has 110 valence electrons. The molecule has 1 aromatic heterocycles. The maximum Gasteiger partial charge on any atom is 0.233 e. The number of hydrogen-bond donors (Lipinski definition) is 0. The topological polar surface area (TPSA) is 46.1 Å². The second-order valence-electron chi connectivity index (χ2n) is 4.92. The van der Waals surface area contributed by atoms with E-state index in [-0.39, 0.29) is 11.9 Å². The quantitative estimate of drug-likeness (QED) is 0.608. The molecule has 21 heavy (non-hydrogen) atoms. The van der Waals surface area contributed by atoms with Crippen LogP contribution in [0.1, 0.15) is 19.4 Å². The fourth-order valence-corrected chi connectivity index (χ4v) is 2.60. The Morgan fingerprint density at radius 2 is 1.81 bits per heavy atom. The zero-order valence-corrected chi connectivity index (χ0v) is 13.1. The molecule has 1 amide bonds. The van der Waals surface area contributed by atoms with Gasteiger partial charge in [0.25, 0.3) is 0 Å². The van der Waals surface area contributed by atoms with Crippen molar-refractivity contribution in [1.29, 1.82) is 0 Å². The maximum absolute atomic E-state index is 12.4. The molecule has 2 aromatic rings. The summed E-state index contributed by atoms with van der Waals surface area (Å²) >= 11 is 1.37. The van der Waals surface area contributed by atoms with Gasteiger partial charge < -0.3 is 4.90 Å². The highest BCUT2D eigenvalue weighted by atomic mass is 32.2. The van der Waals surface area contributed by atoms with E-state index in [9.17, 15) is 4.79 Å². The van der Waals surface area contributed by atoms with Crippen LogP contribution in [0, 0.1) is 0 Å². The minimum absolute atomic E-state index is 0.103. The molecule has 4 nitrogen and oxygen atoms in total. The van der Waals surface area contributed by atoms with E-state index in [1.54, 1.807) is 18.5 Å². The molecule has 0 aliphatic carbocycles. The Morgan fingerprint density at radius 3 is 2.43 bits per heavy atom. The first-order chi connectivity index (χ1) is 10.2. The molecule has 1 aromatic carbocycles. The summed E-state index contributed by atoms with van der Waals surface area (Å²) in [5, 5.41) is 0.634. The zero-order valence-electron chi connectivity index (χ0n) is 12.3. The number of carbonyl (C=O) groups excluding carboxylic acids is 1. The number of thioether (sulfide) groups is 1. The van der Waals surface area contributed by atoms with Crippen molar-refractivity contribution >= 4 is 17.7 Å². The van der Waals surface area contributed by atoms with Gasteiger partial charge in [0.05, 0.1) is 5.75 Å². The van der Waals surface area contributed by atoms with Gasteiger partial charge >= 0.3 is 0 Å². The molecule has 0 saturated heterocycles. The highest BCUT2D eigenvalue weighted by molar-refractivity contribution is 7.99. The molecule has 2 rings (SSSR count). The Kier molecular flexibility index (Phi) is 5.75. The lowest BCUT2D eigenvalue weighted by molar-refractivity contribution is -0.130. The molecular formula is C16H19N3OS. The summed E-state index contributed by atoms with van der Waals surface area (Å²) in [6.07, 6.45) is 3.37. The van der Waals surface area contributed by atoms with E-state index in [0.29, 0.717) is 17.5 Å². The maximum atomic E-state index is 12.4. The number of hydrogen-bond acceptors (Lipinski definition) is 4. The van der Waals surface area contributed by atoms with Gasteiger partial charge in [0, 0.05) is 25.0 Å². The van der Waals surface area contributed by atoms with E-state index in [2.05, 4.69) is 9.97 Å². The van der Waals surface area contributed by atoms with E-state index < -0.39 is 0 Å². The van der Waals surface area contributed by atoms with Crippen molar-refractivity contribution in [1.82, 2.24) is 14.9 Å². The molecule has 0 bridgehead atoms. The van der Waals surface area contributed by atoms with E-state index in [0.717, 1.165) is 5.56 Å². The number of amides is 1. The molecule has 1 heterocycles. The average molecular weight is 301 g/mol. The first-order valence-electron chi connectivity index (χ1n) is 6.90. The van der Waals surface area contributed by atoms with Gasteiger partial charge in [-0.2, -0.15) is 0 Å². The van der Waals surface area contributed by atoms with Gasteiger partial charge in [0.2, 0.25) is 5.91 Å². The normalized spacial score (nSPS) is 10.6. The highest BCUT2D eigenvalue weighted by Crippen LogP contribution is 2.15. The predicted octanol–water partition coefficient (Wildman–Crippen LogP) is 3.01. The van der Waals surface area contributed by atoms with E-state index in [1.165, 1.54) is 11.8 Å². The molecule has 0 aliphatic heterocycles. The van der Waals surface area contributed by atoms with Crippen molar-refractivity contribution in [2.45, 2.75) is 31.6 Å². The lowest BCUT2D eigenvalue weighted by Gasteiger charge is -2.26. The Labute approximate surface area is 129 Å². The third-order valence-corrected chi connectivity index (χ3v) is 3.87. The van der Waals surface area contributed by atoms with E-state index >= 15 is 0 Å². The van der Waals surface area contributed by atoms with Gasteiger partial charge in [-0.25, -0.2) is 9.97 Å². The molecule has 0 radical (unpaired) electrons. The van der Waals surface area contributed by atoms with Crippen LogP contribution in [0.5, 0.6) is 0 Å². The molecule has 5 heteroatoms. The van der Waals surface area contributed by atoms with E-state index in [4.69, 9.17) is 0 Å². The number of aromatic nitrogens is 2. The SMILES string of the molecule is CC(C)N(Cc1ccccc1)C(=O)CSc1ncccn1. The van der Waals surface area contributed by atoms with Crippen LogP contribution in [0.4, 0.5) is 0 Å². The van der Waals surface area contributed by atoms with Crippen molar-refractivity contribution in [2.24, 2.45) is 0 Å². The van der Waals surface area contributed by atoms with Crippen molar-refractivity contribution < 1.29 is 4.79 Å². The second-order valence-corrected chi connectivity index (χ2v) is 5.86. The van der Waals surface area contributed by atoms with Crippen LogP contribution in [0.3, 0.4) is 0 Å². The van der Waals surface area contributed by atoms with Crippen LogP contribution in [0.2, 0.25) is 0 Å². The van der Waals surface area contributed by atoms with E-state index in [1.807, 2.05) is 49.1 Å². The molecular weight excluding hydrogens is 282 g/mol. The van der Waals surface area contributed by atoms with Crippen LogP contribution in [0.15, 0.2) is 53.9 Å². The minimum Gasteiger partial charge on any atom is -0.335 e. The molecule has 0 spiro atoms. The number of benzene rings is 1. The Balaban J connectivity index is 1.96. The van der Waals surface area contributed by atoms with Crippen LogP contribution in [-0.4, -0.2) is 32.6 Å². The summed E-state index contributed by atoms with van der Waals surface area (Å²) in [4.78, 5) is 22.5. The second kappa shape index (κ2) is 7.78. The number of rotatable bonds is 6. The van der Waals surface area contributed by atoms with Crippen LogP contribution in [0.25, 0.3) is 0 Å². The molecule has 0 aliphatic rings. The average Bonchev–Trinajstić information content (AvgIpc) is 2.52. The Morgan fingerprint density at radius 1 is 1.14 bits per heavy atom. The van der Waals surface area contributed by atoms with Crippen LogP contribution < -0.4 is 0 Å². The molecule has 0 fully saturated rings. The van der Waals surface area contributed by atoms with Gasteiger partial charge in [-0.1, -0.05) is 42.1 Å². The first-order valence-corrected chi connectivity index (χ1v) is 7.88. The van der Waals surface area contributed by atoms with Gasteiger partial charge in [-0.15, -0.1) is 0 Å². The monoisotopic (exact) mass is 301 g/mol. The third-order valence-electron chi connectivity index (χ3n) is 3.01. The summed E-state index contributed by atoms with van der Waals surface area (Å²) in [5.74, 6) is 0.459. The van der Waals surface area contributed by atoms with Crippen molar-refractivity contribution in [3.63, 3.8) is 0 Å². The molecule has 0 saturated carbocycles. The van der Waals surface area contributed by atoms with Gasteiger partial charge in [-0.05, 0) is 25.5 Å². The summed E-state index contributed by atoms with van der Waals surface area (Å²) in [6.45, 7) is 4.70. The number of nitrogens with zero attached hydrogens (tertiary/aromatic N) is 3. The summed E-state index contributed by atoms with van der Waals surface area (Å²) < 4.78 is 0. The standard InChI is InChI=1S/C16H19N3OS/c1-13(2)19(11-14-7-4-3-5-8-14)15(20)12-21-16-17-9-6-10-18-16/h3-10,13H,11-12H2,1-2H3. The fraction of sp³-hybridized carbons (Fsp3) is 0.312. The molecule has 0 atom stereocenters. The summed E-state index contributed by atoms with van der Waals surface area (Å²) in [5.41, 5.74) is 1.14. The minimum atomic E-state index is 0.103.